The zero-order chi connectivity index (χ0) is 13.6. The highest BCUT2D eigenvalue weighted by atomic mass is 32.1. The van der Waals surface area contributed by atoms with E-state index in [1.807, 2.05) is 33.1 Å². The normalized spacial score (nSPS) is 25.2. The van der Waals surface area contributed by atoms with Crippen molar-refractivity contribution in [1.29, 1.82) is 0 Å². The summed E-state index contributed by atoms with van der Waals surface area (Å²) in [5.41, 5.74) is 5.71. The van der Waals surface area contributed by atoms with E-state index in [-0.39, 0.29) is 17.3 Å². The molecule has 2 heterocycles. The molecule has 1 unspecified atom stereocenters. The summed E-state index contributed by atoms with van der Waals surface area (Å²) in [6.45, 7) is 8.03. The molecule has 1 fully saturated rings. The molecule has 1 aromatic heterocycles. The summed E-state index contributed by atoms with van der Waals surface area (Å²) in [7, 11) is 0. The highest BCUT2D eigenvalue weighted by Gasteiger charge is 2.48. The summed E-state index contributed by atoms with van der Waals surface area (Å²) >= 11 is 1.37. The van der Waals surface area contributed by atoms with Gasteiger partial charge < -0.3 is 10.5 Å². The lowest BCUT2D eigenvalue weighted by atomic mass is 9.83. The fourth-order valence-electron chi connectivity index (χ4n) is 2.77. The van der Waals surface area contributed by atoms with Crippen LogP contribution in [0.3, 0.4) is 0 Å². The molecular formula is C13H20N2O2S. The minimum absolute atomic E-state index is 0.0737. The molecule has 1 atom stereocenters. The Morgan fingerprint density at radius 1 is 1.56 bits per heavy atom. The number of nitrogens with zero attached hydrogens (tertiary/aromatic N) is 1. The summed E-state index contributed by atoms with van der Waals surface area (Å²) < 4.78 is 5.95. The number of rotatable bonds is 3. The van der Waals surface area contributed by atoms with Crippen LogP contribution in [0.4, 0.5) is 5.13 Å². The fourth-order valence-corrected chi connectivity index (χ4v) is 3.33. The summed E-state index contributed by atoms with van der Waals surface area (Å²) in [6, 6.07) is 0. The zero-order valence-corrected chi connectivity index (χ0v) is 12.1. The number of carbonyl (C=O) groups is 1. The first-order valence-electron chi connectivity index (χ1n) is 6.12. The van der Waals surface area contributed by atoms with Gasteiger partial charge in [0.1, 0.15) is 5.78 Å². The molecule has 4 nitrogen and oxygen atoms in total. The predicted octanol–water partition coefficient (Wildman–Crippen LogP) is 2.43. The highest BCUT2D eigenvalue weighted by Crippen LogP contribution is 2.42. The second kappa shape index (κ2) is 4.31. The first-order chi connectivity index (χ1) is 8.20. The number of thiazole rings is 1. The van der Waals surface area contributed by atoms with Crippen molar-refractivity contribution in [2.24, 2.45) is 5.92 Å². The van der Waals surface area contributed by atoms with Crippen LogP contribution < -0.4 is 5.73 Å². The quantitative estimate of drug-likeness (QED) is 0.914. The summed E-state index contributed by atoms with van der Waals surface area (Å²) in [5, 5.41) is 2.36. The molecule has 0 spiro atoms. The number of hydrogen-bond donors (Lipinski definition) is 1. The second-order valence-electron chi connectivity index (χ2n) is 6.04. The van der Waals surface area contributed by atoms with Crippen molar-refractivity contribution in [2.75, 3.05) is 5.73 Å². The van der Waals surface area contributed by atoms with E-state index in [2.05, 4.69) is 4.98 Å². The monoisotopic (exact) mass is 268 g/mol. The molecule has 0 radical (unpaired) electrons. The lowest BCUT2D eigenvalue weighted by Crippen LogP contribution is -2.34. The highest BCUT2D eigenvalue weighted by molar-refractivity contribution is 7.13. The Balaban J connectivity index is 2.10. The molecule has 1 aromatic rings. The molecule has 100 valence electrons. The topological polar surface area (TPSA) is 65.2 Å². The third-order valence-corrected chi connectivity index (χ3v) is 4.11. The first kappa shape index (κ1) is 13.5. The molecule has 0 bridgehead atoms. The van der Waals surface area contributed by atoms with Gasteiger partial charge in [-0.1, -0.05) is 0 Å². The number of hydrogen-bond acceptors (Lipinski definition) is 5. The third-order valence-electron chi connectivity index (χ3n) is 3.39. The van der Waals surface area contributed by atoms with Crippen LogP contribution in [0.15, 0.2) is 5.38 Å². The minimum Gasteiger partial charge on any atom is -0.375 e. The summed E-state index contributed by atoms with van der Waals surface area (Å²) in [4.78, 5) is 16.5. The van der Waals surface area contributed by atoms with Gasteiger partial charge in [0, 0.05) is 11.3 Å². The maximum absolute atomic E-state index is 12.4. The molecule has 1 aliphatic rings. The Bertz CT molecular complexity index is 465. The van der Waals surface area contributed by atoms with E-state index in [1.165, 1.54) is 11.3 Å². The molecule has 0 saturated carbocycles. The fraction of sp³-hybridized carbons (Fsp3) is 0.692. The van der Waals surface area contributed by atoms with Crippen molar-refractivity contribution in [3.8, 4) is 0 Å². The van der Waals surface area contributed by atoms with E-state index in [0.29, 0.717) is 11.6 Å². The molecule has 1 saturated heterocycles. The molecular weight excluding hydrogens is 248 g/mol. The number of Topliss-reactive ketones (excluding diaryl/α,β-unsaturated/α-hetero) is 1. The van der Waals surface area contributed by atoms with Crippen LogP contribution in [0.25, 0.3) is 0 Å². The van der Waals surface area contributed by atoms with E-state index in [4.69, 9.17) is 10.5 Å². The number of anilines is 1. The Morgan fingerprint density at radius 3 is 2.67 bits per heavy atom. The number of nitrogens with two attached hydrogens (primary N) is 1. The standard InChI is InChI=1S/C13H20N2O2S/c1-12(2)6-9(13(3,4)17-12)10(16)5-8-7-18-11(14)15-8/h7,9H,5-6H2,1-4H3,(H2,14,15). The summed E-state index contributed by atoms with van der Waals surface area (Å²) in [5.74, 6) is 0.117. The van der Waals surface area contributed by atoms with E-state index in [9.17, 15) is 4.79 Å². The maximum atomic E-state index is 12.4. The van der Waals surface area contributed by atoms with Crippen LogP contribution in [-0.4, -0.2) is 22.0 Å². The van der Waals surface area contributed by atoms with Crippen LogP contribution in [0.2, 0.25) is 0 Å². The number of ketones is 1. The minimum atomic E-state index is -0.401. The van der Waals surface area contributed by atoms with Crippen LogP contribution in [0.5, 0.6) is 0 Å². The van der Waals surface area contributed by atoms with Gasteiger partial charge in [0.15, 0.2) is 5.13 Å². The van der Waals surface area contributed by atoms with Gasteiger partial charge in [0.2, 0.25) is 0 Å². The number of carbonyl (C=O) groups excluding carboxylic acids is 1. The van der Waals surface area contributed by atoms with Crippen LogP contribution in [0, 0.1) is 5.92 Å². The zero-order valence-electron chi connectivity index (χ0n) is 11.3. The van der Waals surface area contributed by atoms with Crippen molar-refractivity contribution in [1.82, 2.24) is 4.98 Å². The third kappa shape index (κ3) is 2.72. The molecule has 2 N–H and O–H groups in total. The number of ether oxygens (including phenoxy) is 1. The van der Waals surface area contributed by atoms with Crippen LogP contribution in [0.1, 0.15) is 39.8 Å². The average molecular weight is 268 g/mol. The van der Waals surface area contributed by atoms with Gasteiger partial charge in [0.05, 0.1) is 23.3 Å². The molecule has 5 heteroatoms. The molecule has 1 aliphatic heterocycles. The smallest absolute Gasteiger partial charge is 0.180 e. The van der Waals surface area contributed by atoms with Crippen molar-refractivity contribution in [3.05, 3.63) is 11.1 Å². The van der Waals surface area contributed by atoms with E-state index >= 15 is 0 Å². The average Bonchev–Trinajstić information content (AvgIpc) is 2.67. The van der Waals surface area contributed by atoms with E-state index in [1.54, 1.807) is 0 Å². The largest absolute Gasteiger partial charge is 0.375 e. The van der Waals surface area contributed by atoms with Gasteiger partial charge in [-0.15, -0.1) is 11.3 Å². The van der Waals surface area contributed by atoms with Crippen molar-refractivity contribution >= 4 is 22.3 Å². The Hall–Kier alpha value is -0.940. The second-order valence-corrected chi connectivity index (χ2v) is 6.93. The van der Waals surface area contributed by atoms with E-state index in [0.717, 1.165) is 12.1 Å². The molecule has 2 rings (SSSR count). The van der Waals surface area contributed by atoms with Gasteiger partial charge in [-0.05, 0) is 34.1 Å². The lowest BCUT2D eigenvalue weighted by Gasteiger charge is -2.26. The maximum Gasteiger partial charge on any atom is 0.180 e. The Morgan fingerprint density at radius 2 is 2.22 bits per heavy atom. The van der Waals surface area contributed by atoms with Crippen molar-refractivity contribution in [2.45, 2.75) is 51.7 Å². The summed E-state index contributed by atoms with van der Waals surface area (Å²) in [6.07, 6.45) is 1.11. The first-order valence-corrected chi connectivity index (χ1v) is 7.00. The van der Waals surface area contributed by atoms with Gasteiger partial charge in [-0.25, -0.2) is 4.98 Å². The SMILES string of the molecule is CC1(C)CC(C(=O)Cc2csc(N)n2)C(C)(C)O1. The predicted molar refractivity (Wildman–Crippen MR) is 72.6 cm³/mol. The van der Waals surface area contributed by atoms with Gasteiger partial charge in [0.25, 0.3) is 0 Å². The Labute approximate surface area is 112 Å². The van der Waals surface area contributed by atoms with Gasteiger partial charge in [-0.2, -0.15) is 0 Å². The van der Waals surface area contributed by atoms with Crippen molar-refractivity contribution < 1.29 is 9.53 Å². The number of nitrogen functional groups attached to an aromatic ring is 1. The van der Waals surface area contributed by atoms with Crippen LogP contribution >= 0.6 is 11.3 Å². The van der Waals surface area contributed by atoms with Crippen molar-refractivity contribution in [3.63, 3.8) is 0 Å². The lowest BCUT2D eigenvalue weighted by molar-refractivity contribution is -0.128. The molecule has 0 amide bonds. The van der Waals surface area contributed by atoms with Gasteiger partial charge in [-0.3, -0.25) is 4.79 Å². The molecule has 18 heavy (non-hydrogen) atoms. The van der Waals surface area contributed by atoms with Crippen LogP contribution in [-0.2, 0) is 16.0 Å². The Kier molecular flexibility index (Phi) is 3.23. The number of aromatic nitrogens is 1. The molecule has 0 aromatic carbocycles. The van der Waals surface area contributed by atoms with E-state index < -0.39 is 5.60 Å². The molecule has 0 aliphatic carbocycles. The van der Waals surface area contributed by atoms with Gasteiger partial charge >= 0.3 is 0 Å².